The summed E-state index contributed by atoms with van der Waals surface area (Å²) in [6.07, 6.45) is 5.00. The highest BCUT2D eigenvalue weighted by molar-refractivity contribution is 5.84. The van der Waals surface area contributed by atoms with Crippen molar-refractivity contribution in [1.82, 2.24) is 24.6 Å². The fraction of sp³-hybridized carbons (Fsp3) is 0.158. The molecule has 8 nitrogen and oxygen atoms in total. The van der Waals surface area contributed by atoms with Gasteiger partial charge in [0.2, 0.25) is 0 Å². The van der Waals surface area contributed by atoms with Gasteiger partial charge in [0.15, 0.2) is 11.5 Å². The summed E-state index contributed by atoms with van der Waals surface area (Å²) in [5.74, 6) is 1.87. The van der Waals surface area contributed by atoms with Crippen LogP contribution in [0.1, 0.15) is 18.5 Å². The third kappa shape index (κ3) is 3.24. The average Bonchev–Trinajstić information content (AvgIpc) is 3.04. The first-order valence-corrected chi connectivity index (χ1v) is 8.47. The van der Waals surface area contributed by atoms with E-state index in [1.807, 2.05) is 30.3 Å². The number of rotatable bonds is 5. The lowest BCUT2D eigenvalue weighted by atomic mass is 10.1. The van der Waals surface area contributed by atoms with Crippen LogP contribution in [-0.4, -0.2) is 31.7 Å². The number of methoxy groups -OCH3 is 1. The van der Waals surface area contributed by atoms with Gasteiger partial charge in [-0.1, -0.05) is 12.1 Å². The summed E-state index contributed by atoms with van der Waals surface area (Å²) in [5, 5.41) is 7.67. The van der Waals surface area contributed by atoms with Crippen molar-refractivity contribution in [3.63, 3.8) is 0 Å². The van der Waals surface area contributed by atoms with E-state index in [0.717, 1.165) is 11.3 Å². The van der Waals surface area contributed by atoms with Gasteiger partial charge in [0, 0.05) is 18.5 Å². The quantitative estimate of drug-likeness (QED) is 0.563. The number of nitrogens with two attached hydrogens (primary N) is 1. The van der Waals surface area contributed by atoms with Crippen LogP contribution >= 0.6 is 0 Å². The second-order valence-corrected chi connectivity index (χ2v) is 6.08. The van der Waals surface area contributed by atoms with Crippen LogP contribution in [0.5, 0.6) is 5.75 Å². The smallest absolute Gasteiger partial charge is 0.166 e. The van der Waals surface area contributed by atoms with Gasteiger partial charge in [0.25, 0.3) is 0 Å². The Bertz CT molecular complexity index is 1090. The summed E-state index contributed by atoms with van der Waals surface area (Å²) in [5.41, 5.74) is 9.19. The molecule has 0 fully saturated rings. The molecule has 4 rings (SSSR count). The van der Waals surface area contributed by atoms with E-state index in [0.29, 0.717) is 28.5 Å². The lowest BCUT2D eigenvalue weighted by Gasteiger charge is -2.16. The zero-order valence-electron chi connectivity index (χ0n) is 15.0. The molecule has 0 saturated carbocycles. The predicted octanol–water partition coefficient (Wildman–Crippen LogP) is 2.95. The molecule has 0 unspecified atom stereocenters. The predicted molar refractivity (Wildman–Crippen MR) is 103 cm³/mol. The van der Waals surface area contributed by atoms with E-state index in [-0.39, 0.29) is 6.04 Å². The Hall–Kier alpha value is -3.68. The molecule has 3 aromatic heterocycles. The molecule has 1 aromatic carbocycles. The van der Waals surface area contributed by atoms with Crippen molar-refractivity contribution in [3.05, 3.63) is 60.7 Å². The number of aromatic nitrogens is 5. The molecule has 8 heteroatoms. The van der Waals surface area contributed by atoms with Crippen LogP contribution in [0, 0.1) is 0 Å². The van der Waals surface area contributed by atoms with Gasteiger partial charge in [-0.05, 0) is 30.7 Å². The zero-order valence-corrected chi connectivity index (χ0v) is 15.0. The Morgan fingerprint density at radius 2 is 2.04 bits per heavy atom. The third-order valence-electron chi connectivity index (χ3n) is 4.30. The first kappa shape index (κ1) is 16.8. The van der Waals surface area contributed by atoms with Crippen LogP contribution in [0.4, 0.5) is 11.6 Å². The van der Waals surface area contributed by atoms with Gasteiger partial charge >= 0.3 is 0 Å². The van der Waals surface area contributed by atoms with Crippen LogP contribution in [-0.2, 0) is 0 Å². The largest absolute Gasteiger partial charge is 0.497 e. The summed E-state index contributed by atoms with van der Waals surface area (Å²) in [4.78, 5) is 13.0. The molecule has 0 aliphatic carbocycles. The standard InChI is InChI=1S/C19H19N7O/c1-12(13-5-3-6-14(9-13)27-2)24-16-10-15(22-11-23-16)17-18(20)25-26-8-4-7-21-19(17)26/h3-12H,1-2H3,(H2,20,25)(H,22,23,24)/t12-/m0/s1. The number of nitrogen functional groups attached to an aromatic ring is 1. The number of anilines is 2. The van der Waals surface area contributed by atoms with Gasteiger partial charge in [0.05, 0.1) is 24.4 Å². The highest BCUT2D eigenvalue weighted by Gasteiger charge is 2.16. The fourth-order valence-corrected chi connectivity index (χ4v) is 2.94. The normalized spacial score (nSPS) is 12.1. The third-order valence-corrected chi connectivity index (χ3v) is 4.30. The number of hydrogen-bond acceptors (Lipinski definition) is 7. The maximum Gasteiger partial charge on any atom is 0.166 e. The Morgan fingerprint density at radius 1 is 1.15 bits per heavy atom. The van der Waals surface area contributed by atoms with E-state index in [1.165, 1.54) is 6.33 Å². The van der Waals surface area contributed by atoms with E-state index in [9.17, 15) is 0 Å². The highest BCUT2D eigenvalue weighted by Crippen LogP contribution is 2.29. The van der Waals surface area contributed by atoms with Gasteiger partial charge in [-0.15, -0.1) is 5.10 Å². The summed E-state index contributed by atoms with van der Waals surface area (Å²) in [7, 11) is 1.66. The number of fused-ring (bicyclic) bond motifs is 1. The molecule has 1 atom stereocenters. The molecule has 0 bridgehead atoms. The van der Waals surface area contributed by atoms with Gasteiger partial charge in [-0.2, -0.15) is 0 Å². The maximum atomic E-state index is 6.09. The van der Waals surface area contributed by atoms with Crippen LogP contribution in [0.25, 0.3) is 16.9 Å². The molecule has 4 aromatic rings. The number of benzene rings is 1. The van der Waals surface area contributed by atoms with Gasteiger partial charge < -0.3 is 15.8 Å². The molecular weight excluding hydrogens is 342 g/mol. The van der Waals surface area contributed by atoms with E-state index in [2.05, 4.69) is 32.3 Å². The van der Waals surface area contributed by atoms with Gasteiger partial charge in [-0.3, -0.25) is 0 Å². The van der Waals surface area contributed by atoms with E-state index in [4.69, 9.17) is 10.5 Å². The number of hydrogen-bond donors (Lipinski definition) is 2. The molecule has 0 aliphatic rings. The summed E-state index contributed by atoms with van der Waals surface area (Å²) in [6.45, 7) is 2.06. The molecule has 0 amide bonds. The minimum Gasteiger partial charge on any atom is -0.497 e. The SMILES string of the molecule is COc1cccc([C@H](C)Nc2cc(-c3c(N)nn4cccnc34)ncn2)c1. The second-order valence-electron chi connectivity index (χ2n) is 6.08. The van der Waals surface area contributed by atoms with Crippen molar-refractivity contribution in [3.8, 4) is 17.0 Å². The molecular formula is C19H19N7O. The molecule has 27 heavy (non-hydrogen) atoms. The van der Waals surface area contributed by atoms with Crippen molar-refractivity contribution in [2.45, 2.75) is 13.0 Å². The Labute approximate surface area is 156 Å². The monoisotopic (exact) mass is 361 g/mol. The summed E-state index contributed by atoms with van der Waals surface area (Å²) < 4.78 is 6.93. The van der Waals surface area contributed by atoms with Crippen molar-refractivity contribution in [1.29, 1.82) is 0 Å². The van der Waals surface area contributed by atoms with Crippen molar-refractivity contribution in [2.75, 3.05) is 18.2 Å². The summed E-state index contributed by atoms with van der Waals surface area (Å²) >= 11 is 0. The molecule has 3 N–H and O–H groups in total. The van der Waals surface area contributed by atoms with Crippen molar-refractivity contribution >= 4 is 17.3 Å². The first-order chi connectivity index (χ1) is 13.2. The average molecular weight is 361 g/mol. The number of nitrogens with zero attached hydrogens (tertiary/aromatic N) is 5. The number of nitrogens with one attached hydrogen (secondary N) is 1. The zero-order chi connectivity index (χ0) is 18.8. The van der Waals surface area contributed by atoms with Gasteiger partial charge in [-0.25, -0.2) is 19.5 Å². The number of ether oxygens (including phenoxy) is 1. The van der Waals surface area contributed by atoms with Crippen LogP contribution in [0.3, 0.4) is 0 Å². The summed E-state index contributed by atoms with van der Waals surface area (Å²) in [6, 6.07) is 11.6. The Balaban J connectivity index is 1.65. The second kappa shape index (κ2) is 6.91. The fourth-order valence-electron chi connectivity index (χ4n) is 2.94. The Morgan fingerprint density at radius 3 is 2.89 bits per heavy atom. The van der Waals surface area contributed by atoms with Crippen LogP contribution < -0.4 is 15.8 Å². The molecule has 0 aliphatic heterocycles. The van der Waals surface area contributed by atoms with Crippen LogP contribution in [0.2, 0.25) is 0 Å². The molecule has 3 heterocycles. The highest BCUT2D eigenvalue weighted by atomic mass is 16.5. The van der Waals surface area contributed by atoms with E-state index >= 15 is 0 Å². The van der Waals surface area contributed by atoms with E-state index < -0.39 is 0 Å². The van der Waals surface area contributed by atoms with Crippen molar-refractivity contribution < 1.29 is 4.74 Å². The topological polar surface area (TPSA) is 103 Å². The molecule has 0 saturated heterocycles. The molecule has 136 valence electrons. The minimum absolute atomic E-state index is 0.0298. The first-order valence-electron chi connectivity index (χ1n) is 8.47. The van der Waals surface area contributed by atoms with Crippen LogP contribution in [0.15, 0.2) is 55.1 Å². The van der Waals surface area contributed by atoms with Crippen molar-refractivity contribution in [2.24, 2.45) is 0 Å². The molecule has 0 radical (unpaired) electrons. The van der Waals surface area contributed by atoms with Gasteiger partial charge in [0.1, 0.15) is 17.9 Å². The lowest BCUT2D eigenvalue weighted by molar-refractivity contribution is 0.414. The Kier molecular flexibility index (Phi) is 4.29. The maximum absolute atomic E-state index is 6.09. The molecule has 0 spiro atoms. The minimum atomic E-state index is 0.0298. The lowest BCUT2D eigenvalue weighted by Crippen LogP contribution is -2.08. The van der Waals surface area contributed by atoms with E-state index in [1.54, 1.807) is 30.1 Å².